The average molecular weight is 294 g/mol. The van der Waals surface area contributed by atoms with Crippen LogP contribution in [0.15, 0.2) is 0 Å². The van der Waals surface area contributed by atoms with Gasteiger partial charge in [-0.1, -0.05) is 12.8 Å². The van der Waals surface area contributed by atoms with Gasteiger partial charge in [-0.15, -0.1) is 11.3 Å². The summed E-state index contributed by atoms with van der Waals surface area (Å²) in [4.78, 5) is 30.4. The molecule has 1 atom stereocenters. The lowest BCUT2D eigenvalue weighted by Gasteiger charge is -2.11. The van der Waals surface area contributed by atoms with Crippen LogP contribution in [-0.2, 0) is 22.4 Å². The summed E-state index contributed by atoms with van der Waals surface area (Å²) < 4.78 is 0. The van der Waals surface area contributed by atoms with Gasteiger partial charge in [0.25, 0.3) is 0 Å². The second-order valence-electron chi connectivity index (χ2n) is 5.52. The Morgan fingerprint density at radius 2 is 2.00 bits per heavy atom. The molecule has 20 heavy (non-hydrogen) atoms. The smallest absolute Gasteiger partial charge is 0.308 e. The summed E-state index contributed by atoms with van der Waals surface area (Å²) in [5, 5.41) is 9.74. The highest BCUT2D eigenvalue weighted by atomic mass is 32.1. The minimum atomic E-state index is -0.893. The molecule has 1 aliphatic carbocycles. The second kappa shape index (κ2) is 5.52. The normalized spacial score (nSPS) is 23.3. The monoisotopic (exact) mass is 294 g/mol. The van der Waals surface area contributed by atoms with Crippen molar-refractivity contribution in [3.63, 3.8) is 0 Å². The first-order valence-electron chi connectivity index (χ1n) is 7.17. The molecule has 1 aromatic rings. The quantitative estimate of drug-likeness (QED) is 0.908. The molecule has 0 bridgehead atoms. The summed E-state index contributed by atoms with van der Waals surface area (Å²) in [6.45, 7) is 0.264. The van der Waals surface area contributed by atoms with E-state index in [1.54, 1.807) is 16.2 Å². The SMILES string of the molecule is O=C(O)C1CC(=O)N(c2nc3c(s2)CCCCCC3)C1. The van der Waals surface area contributed by atoms with Gasteiger partial charge in [-0.25, -0.2) is 4.98 Å². The van der Waals surface area contributed by atoms with E-state index in [4.69, 9.17) is 5.11 Å². The molecule has 2 aliphatic rings. The van der Waals surface area contributed by atoms with Gasteiger partial charge in [0, 0.05) is 17.8 Å². The maximum Gasteiger partial charge on any atom is 0.308 e. The number of aliphatic carboxylic acids is 1. The minimum absolute atomic E-state index is 0.0968. The molecule has 0 saturated carbocycles. The summed E-state index contributed by atoms with van der Waals surface area (Å²) >= 11 is 1.57. The molecule has 1 unspecified atom stereocenters. The van der Waals surface area contributed by atoms with Crippen LogP contribution in [0.3, 0.4) is 0 Å². The van der Waals surface area contributed by atoms with Crippen LogP contribution in [-0.4, -0.2) is 28.5 Å². The number of aromatic nitrogens is 1. The lowest BCUT2D eigenvalue weighted by Crippen LogP contribution is -2.25. The van der Waals surface area contributed by atoms with Gasteiger partial charge in [-0.2, -0.15) is 0 Å². The first kappa shape index (κ1) is 13.5. The number of anilines is 1. The van der Waals surface area contributed by atoms with Gasteiger partial charge in [0.15, 0.2) is 5.13 Å². The summed E-state index contributed by atoms with van der Waals surface area (Å²) in [5.74, 6) is -1.59. The van der Waals surface area contributed by atoms with E-state index in [1.807, 2.05) is 0 Å². The fraction of sp³-hybridized carbons (Fsp3) is 0.643. The van der Waals surface area contributed by atoms with Gasteiger partial charge in [0.05, 0.1) is 11.6 Å². The standard InChI is InChI=1S/C14H18N2O3S/c17-12-7-9(13(18)19)8-16(12)14-15-10-5-3-1-2-4-6-11(10)20-14/h9H,1-8H2,(H,18,19). The van der Waals surface area contributed by atoms with Gasteiger partial charge >= 0.3 is 5.97 Å². The van der Waals surface area contributed by atoms with E-state index in [-0.39, 0.29) is 18.9 Å². The van der Waals surface area contributed by atoms with Gasteiger partial charge < -0.3 is 5.11 Å². The van der Waals surface area contributed by atoms with Gasteiger partial charge in [-0.3, -0.25) is 14.5 Å². The van der Waals surface area contributed by atoms with Crippen molar-refractivity contribution >= 4 is 28.3 Å². The zero-order valence-electron chi connectivity index (χ0n) is 11.3. The number of fused-ring (bicyclic) bond motifs is 1. The molecule has 5 nitrogen and oxygen atoms in total. The topological polar surface area (TPSA) is 70.5 Å². The Balaban J connectivity index is 1.82. The van der Waals surface area contributed by atoms with E-state index in [0.29, 0.717) is 5.13 Å². The first-order valence-corrected chi connectivity index (χ1v) is 7.98. The van der Waals surface area contributed by atoms with Crippen LogP contribution >= 0.6 is 11.3 Å². The highest BCUT2D eigenvalue weighted by Crippen LogP contribution is 2.33. The largest absolute Gasteiger partial charge is 0.481 e. The number of amides is 1. The third kappa shape index (κ3) is 2.57. The van der Waals surface area contributed by atoms with Crippen molar-refractivity contribution in [1.29, 1.82) is 0 Å². The molecule has 1 aliphatic heterocycles. The number of aryl methyl sites for hydroxylation is 2. The Morgan fingerprint density at radius 1 is 1.25 bits per heavy atom. The van der Waals surface area contributed by atoms with Crippen LogP contribution in [0.2, 0.25) is 0 Å². The van der Waals surface area contributed by atoms with Gasteiger partial charge in [0.2, 0.25) is 5.91 Å². The van der Waals surface area contributed by atoms with E-state index >= 15 is 0 Å². The van der Waals surface area contributed by atoms with E-state index in [0.717, 1.165) is 25.0 Å². The Morgan fingerprint density at radius 3 is 2.70 bits per heavy atom. The molecular weight excluding hydrogens is 276 g/mol. The third-order valence-corrected chi connectivity index (χ3v) is 5.22. The van der Waals surface area contributed by atoms with Crippen LogP contribution in [0, 0.1) is 5.92 Å². The van der Waals surface area contributed by atoms with Crippen molar-refractivity contribution in [2.24, 2.45) is 5.92 Å². The summed E-state index contributed by atoms with van der Waals surface area (Å²) in [6.07, 6.45) is 6.96. The number of rotatable bonds is 2. The van der Waals surface area contributed by atoms with Crippen molar-refractivity contribution in [2.45, 2.75) is 44.9 Å². The maximum absolute atomic E-state index is 12.0. The number of carbonyl (C=O) groups is 2. The molecule has 1 fully saturated rings. The third-order valence-electron chi connectivity index (χ3n) is 4.04. The second-order valence-corrected chi connectivity index (χ2v) is 6.59. The first-order chi connectivity index (χ1) is 9.65. The molecule has 6 heteroatoms. The summed E-state index contributed by atoms with van der Waals surface area (Å²) in [5.41, 5.74) is 1.12. The number of carboxylic acids is 1. The minimum Gasteiger partial charge on any atom is -0.481 e. The molecule has 1 saturated heterocycles. The van der Waals surface area contributed by atoms with Gasteiger partial charge in [0.1, 0.15) is 0 Å². The number of carboxylic acid groups (broad SMARTS) is 1. The summed E-state index contributed by atoms with van der Waals surface area (Å²) in [7, 11) is 0. The van der Waals surface area contributed by atoms with Crippen molar-refractivity contribution in [2.75, 3.05) is 11.4 Å². The fourth-order valence-corrected chi connectivity index (χ4v) is 4.04. The van der Waals surface area contributed by atoms with E-state index in [9.17, 15) is 9.59 Å². The Labute approximate surface area is 121 Å². The lowest BCUT2D eigenvalue weighted by atomic mass is 10.0. The molecule has 1 aromatic heterocycles. The predicted octanol–water partition coefficient (Wildman–Crippen LogP) is 2.24. The molecule has 0 aromatic carbocycles. The fourth-order valence-electron chi connectivity index (χ4n) is 2.87. The number of carbonyl (C=O) groups excluding carboxylic acids is 1. The highest BCUT2D eigenvalue weighted by molar-refractivity contribution is 7.16. The number of hydrogen-bond acceptors (Lipinski definition) is 4. The maximum atomic E-state index is 12.0. The van der Waals surface area contributed by atoms with Crippen molar-refractivity contribution in [1.82, 2.24) is 4.98 Å². The van der Waals surface area contributed by atoms with Crippen LogP contribution in [0.1, 0.15) is 42.7 Å². The van der Waals surface area contributed by atoms with Crippen LogP contribution < -0.4 is 4.90 Å². The van der Waals surface area contributed by atoms with Crippen molar-refractivity contribution in [3.8, 4) is 0 Å². The van der Waals surface area contributed by atoms with Crippen LogP contribution in [0.4, 0.5) is 5.13 Å². The molecular formula is C14H18N2O3S. The molecule has 108 valence electrons. The zero-order chi connectivity index (χ0) is 14.1. The zero-order valence-corrected chi connectivity index (χ0v) is 12.1. The van der Waals surface area contributed by atoms with Crippen molar-refractivity contribution < 1.29 is 14.7 Å². The van der Waals surface area contributed by atoms with Crippen LogP contribution in [0.5, 0.6) is 0 Å². The molecule has 3 rings (SSSR count). The predicted molar refractivity (Wildman–Crippen MR) is 76.1 cm³/mol. The Hall–Kier alpha value is -1.43. The van der Waals surface area contributed by atoms with Gasteiger partial charge in [-0.05, 0) is 25.7 Å². The lowest BCUT2D eigenvalue weighted by molar-refractivity contribution is -0.141. The number of nitrogens with zero attached hydrogens (tertiary/aromatic N) is 2. The highest BCUT2D eigenvalue weighted by Gasteiger charge is 2.36. The molecule has 2 heterocycles. The average Bonchev–Trinajstić information content (AvgIpc) is 2.93. The van der Waals surface area contributed by atoms with E-state index < -0.39 is 11.9 Å². The summed E-state index contributed by atoms with van der Waals surface area (Å²) in [6, 6.07) is 0. The molecule has 0 spiro atoms. The molecule has 1 amide bonds. The molecule has 1 N–H and O–H groups in total. The van der Waals surface area contributed by atoms with Crippen LogP contribution in [0.25, 0.3) is 0 Å². The number of hydrogen-bond donors (Lipinski definition) is 1. The Kier molecular flexibility index (Phi) is 3.74. The number of thiazole rings is 1. The van der Waals surface area contributed by atoms with E-state index in [2.05, 4.69) is 4.98 Å². The van der Waals surface area contributed by atoms with Crippen molar-refractivity contribution in [3.05, 3.63) is 10.6 Å². The van der Waals surface area contributed by atoms with E-state index in [1.165, 1.54) is 24.1 Å². The Bertz CT molecular complexity index is 515. The molecule has 0 radical (unpaired) electrons.